The molecule has 0 unspecified atom stereocenters. The van der Waals surface area contributed by atoms with Crippen molar-refractivity contribution in [3.63, 3.8) is 0 Å². The monoisotopic (exact) mass is 232 g/mol. The van der Waals surface area contributed by atoms with Crippen LogP contribution in [-0.2, 0) is 0 Å². The van der Waals surface area contributed by atoms with Crippen LogP contribution in [0.25, 0.3) is 16.0 Å². The van der Waals surface area contributed by atoms with Gasteiger partial charge in [-0.2, -0.15) is 0 Å². The van der Waals surface area contributed by atoms with Gasteiger partial charge in [0.05, 0.1) is 6.57 Å². The number of halogens is 1. The van der Waals surface area contributed by atoms with Gasteiger partial charge in [0.15, 0.2) is 0 Å². The summed E-state index contributed by atoms with van der Waals surface area (Å²) in [4.78, 5) is 3.40. The lowest BCUT2D eigenvalue weighted by atomic mass is 9.97. The summed E-state index contributed by atoms with van der Waals surface area (Å²) >= 11 is 6.04. The lowest BCUT2D eigenvalue weighted by molar-refractivity contribution is 1.52. The number of allylic oxidation sites excluding steroid dienone is 2. The molecule has 0 spiro atoms. The van der Waals surface area contributed by atoms with Crippen molar-refractivity contribution in [2.24, 2.45) is 0 Å². The Kier molecular flexibility index (Phi) is 3.41. The highest BCUT2D eigenvalue weighted by atomic mass is 35.5. The van der Waals surface area contributed by atoms with E-state index in [4.69, 9.17) is 23.9 Å². The molecule has 0 radical (unpaired) electrons. The lowest BCUT2D eigenvalue weighted by Crippen LogP contribution is -1.98. The number of hydrogen-bond acceptors (Lipinski definition) is 1. The van der Waals surface area contributed by atoms with Gasteiger partial charge < -0.3 is 5.73 Å². The van der Waals surface area contributed by atoms with Crippen molar-refractivity contribution >= 4 is 34.1 Å². The first kappa shape index (κ1) is 12.4. The highest BCUT2D eigenvalue weighted by Crippen LogP contribution is 2.41. The Labute approximate surface area is 101 Å². The van der Waals surface area contributed by atoms with E-state index in [9.17, 15) is 0 Å². The van der Waals surface area contributed by atoms with Crippen molar-refractivity contribution in [2.75, 3.05) is 5.73 Å². The number of rotatable bonds is 2. The van der Waals surface area contributed by atoms with Crippen molar-refractivity contribution in [3.8, 4) is 0 Å². The van der Waals surface area contributed by atoms with E-state index in [1.54, 1.807) is 13.0 Å². The molecule has 0 aliphatic carbocycles. The molecule has 2 nitrogen and oxygen atoms in total. The van der Waals surface area contributed by atoms with Gasteiger partial charge in [-0.15, -0.1) is 0 Å². The maximum absolute atomic E-state index is 7.11. The minimum absolute atomic E-state index is 0.358. The van der Waals surface area contributed by atoms with Crippen LogP contribution in [0.3, 0.4) is 0 Å². The first-order chi connectivity index (χ1) is 7.40. The minimum atomic E-state index is 0.358. The maximum Gasteiger partial charge on any atom is 0.214 e. The average molecular weight is 233 g/mol. The van der Waals surface area contributed by atoms with Crippen molar-refractivity contribution in [3.05, 3.63) is 46.8 Å². The topological polar surface area (TPSA) is 30.4 Å². The van der Waals surface area contributed by atoms with Crippen LogP contribution in [0.4, 0.5) is 11.4 Å². The van der Waals surface area contributed by atoms with Crippen molar-refractivity contribution in [1.82, 2.24) is 0 Å². The van der Waals surface area contributed by atoms with Gasteiger partial charge in [0.1, 0.15) is 0 Å². The van der Waals surface area contributed by atoms with Crippen LogP contribution in [-0.4, -0.2) is 0 Å². The Hall–Kier alpha value is -1.72. The van der Waals surface area contributed by atoms with Crippen LogP contribution < -0.4 is 5.73 Å². The van der Waals surface area contributed by atoms with Gasteiger partial charge in [0, 0.05) is 16.3 Å². The summed E-state index contributed by atoms with van der Waals surface area (Å²) in [5.41, 5.74) is 9.84. The predicted molar refractivity (Wildman–Crippen MR) is 71.5 cm³/mol. The number of nitrogens with two attached hydrogens (primary N) is 1. The first-order valence-corrected chi connectivity index (χ1v) is 5.09. The normalized spacial score (nSPS) is 9.62. The zero-order valence-corrected chi connectivity index (χ0v) is 10.2. The molecule has 0 atom stereocenters. The van der Waals surface area contributed by atoms with Gasteiger partial charge in [-0.1, -0.05) is 30.3 Å². The second-order valence-corrected chi connectivity index (χ2v) is 4.12. The van der Waals surface area contributed by atoms with E-state index in [0.717, 1.165) is 16.7 Å². The quantitative estimate of drug-likeness (QED) is 0.589. The third-order valence-corrected chi connectivity index (χ3v) is 2.58. The largest absolute Gasteiger partial charge is 0.399 e. The van der Waals surface area contributed by atoms with Crippen LogP contribution in [0.2, 0.25) is 5.02 Å². The molecule has 3 heteroatoms. The minimum Gasteiger partial charge on any atom is -0.399 e. The van der Waals surface area contributed by atoms with Gasteiger partial charge in [-0.25, -0.2) is 4.85 Å². The van der Waals surface area contributed by atoms with E-state index >= 15 is 0 Å². The van der Waals surface area contributed by atoms with Crippen LogP contribution in [0.5, 0.6) is 0 Å². The van der Waals surface area contributed by atoms with E-state index in [1.165, 1.54) is 0 Å². The molecule has 0 aliphatic rings. The second-order valence-electron chi connectivity index (χ2n) is 3.72. The third-order valence-electron chi connectivity index (χ3n) is 2.29. The number of nitrogens with zero attached hydrogens (tertiary/aromatic N) is 1. The molecule has 1 aromatic carbocycles. The highest BCUT2D eigenvalue weighted by Gasteiger charge is 2.16. The van der Waals surface area contributed by atoms with Crippen molar-refractivity contribution in [2.45, 2.75) is 13.8 Å². The summed E-state index contributed by atoms with van der Waals surface area (Å²) in [6.45, 7) is 18.4. The van der Waals surface area contributed by atoms with E-state index in [1.807, 2.05) is 6.92 Å². The Morgan fingerprint density at radius 2 is 1.94 bits per heavy atom. The molecule has 0 saturated heterocycles. The summed E-state index contributed by atoms with van der Waals surface area (Å²) in [6, 6.07) is 1.68. The summed E-state index contributed by atoms with van der Waals surface area (Å²) in [6.07, 6.45) is 0. The highest BCUT2D eigenvalue weighted by molar-refractivity contribution is 6.34. The number of anilines is 1. The second kappa shape index (κ2) is 4.42. The van der Waals surface area contributed by atoms with Gasteiger partial charge in [0.25, 0.3) is 0 Å². The molecule has 1 aromatic rings. The fourth-order valence-corrected chi connectivity index (χ4v) is 1.79. The van der Waals surface area contributed by atoms with Crippen LogP contribution in [0.15, 0.2) is 19.2 Å². The third kappa shape index (κ3) is 1.95. The Bertz CT molecular complexity index is 522. The Morgan fingerprint density at radius 1 is 1.38 bits per heavy atom. The van der Waals surface area contributed by atoms with E-state index in [2.05, 4.69) is 18.0 Å². The van der Waals surface area contributed by atoms with E-state index in [0.29, 0.717) is 22.0 Å². The van der Waals surface area contributed by atoms with Crippen molar-refractivity contribution in [1.29, 1.82) is 0 Å². The molecule has 0 aliphatic heterocycles. The molecule has 0 heterocycles. The molecule has 0 amide bonds. The standard InChI is InChI=1S/C13H13ClN2/c1-7(2)9-6-10(14)13(16-5)11(8(3)4)12(9)15/h6H,1,3,15H2,2,4H3. The SMILES string of the molecule is [C-]#[N+]c1c(Cl)cc(C(=C)C)c(N)c1C(=C)C. The molecule has 82 valence electrons. The molecule has 0 saturated carbocycles. The average Bonchev–Trinajstić information content (AvgIpc) is 2.19. The molecular weight excluding hydrogens is 220 g/mol. The van der Waals surface area contributed by atoms with Gasteiger partial charge in [0.2, 0.25) is 5.69 Å². The lowest BCUT2D eigenvalue weighted by Gasteiger charge is -2.14. The zero-order valence-electron chi connectivity index (χ0n) is 9.39. The van der Waals surface area contributed by atoms with Crippen LogP contribution in [0, 0.1) is 6.57 Å². The molecule has 1 rings (SSSR count). The van der Waals surface area contributed by atoms with Gasteiger partial charge >= 0.3 is 0 Å². The zero-order chi connectivity index (χ0) is 12.5. The molecule has 2 N–H and O–H groups in total. The molecule has 16 heavy (non-hydrogen) atoms. The molecule has 0 fully saturated rings. The fraction of sp³-hybridized carbons (Fsp3) is 0.154. The van der Waals surface area contributed by atoms with E-state index in [-0.39, 0.29) is 0 Å². The predicted octanol–water partition coefficient (Wildman–Crippen LogP) is 4.54. The molecule has 0 bridgehead atoms. The number of hydrogen-bond donors (Lipinski definition) is 1. The van der Waals surface area contributed by atoms with E-state index < -0.39 is 0 Å². The smallest absolute Gasteiger partial charge is 0.214 e. The Balaban J connectivity index is 3.74. The summed E-state index contributed by atoms with van der Waals surface area (Å²) in [7, 11) is 0. The van der Waals surface area contributed by atoms with Gasteiger partial charge in [-0.3, -0.25) is 0 Å². The maximum atomic E-state index is 7.11. The molecular formula is C13H13ClN2. The van der Waals surface area contributed by atoms with Crippen LogP contribution in [0.1, 0.15) is 25.0 Å². The summed E-state index contributed by atoms with van der Waals surface area (Å²) < 4.78 is 0. The summed E-state index contributed by atoms with van der Waals surface area (Å²) in [5.74, 6) is 0. The van der Waals surface area contributed by atoms with Crippen LogP contribution >= 0.6 is 11.6 Å². The number of benzene rings is 1. The summed E-state index contributed by atoms with van der Waals surface area (Å²) in [5, 5.41) is 0.389. The van der Waals surface area contributed by atoms with Gasteiger partial charge in [-0.05, 0) is 31.1 Å². The first-order valence-electron chi connectivity index (χ1n) is 4.71. The fourth-order valence-electron chi connectivity index (χ4n) is 1.55. The number of nitrogen functional groups attached to an aromatic ring is 1. The Morgan fingerprint density at radius 3 is 2.31 bits per heavy atom. The van der Waals surface area contributed by atoms with Crippen molar-refractivity contribution < 1.29 is 0 Å². The molecule has 0 aromatic heterocycles.